The van der Waals surface area contributed by atoms with Crippen LogP contribution < -0.4 is 4.74 Å². The Labute approximate surface area is 138 Å². The van der Waals surface area contributed by atoms with Gasteiger partial charge in [0.1, 0.15) is 6.10 Å². The number of likely N-dealkylation sites (tertiary alicyclic amines) is 1. The predicted molar refractivity (Wildman–Crippen MR) is 88.1 cm³/mol. The molecule has 1 aromatic heterocycles. The van der Waals surface area contributed by atoms with Gasteiger partial charge in [-0.1, -0.05) is 22.0 Å². The third-order valence-electron chi connectivity index (χ3n) is 3.67. The predicted octanol–water partition coefficient (Wildman–Crippen LogP) is 3.45. The van der Waals surface area contributed by atoms with Crippen LogP contribution in [0.5, 0.6) is 5.88 Å². The van der Waals surface area contributed by atoms with E-state index in [0.717, 1.165) is 16.6 Å². The maximum atomic E-state index is 12.4. The molecule has 1 atom stereocenters. The molecule has 0 bridgehead atoms. The number of nitrogens with zero attached hydrogens (tertiary/aromatic N) is 2. The third-order valence-corrected chi connectivity index (χ3v) is 4.20. The SMILES string of the molecule is Cc1cccc(OC2CCN(C(=O)c3ccc(Br)cc3)C2)n1. The van der Waals surface area contributed by atoms with Crippen molar-refractivity contribution in [2.75, 3.05) is 13.1 Å². The summed E-state index contributed by atoms with van der Waals surface area (Å²) < 4.78 is 6.85. The first kappa shape index (κ1) is 15.0. The largest absolute Gasteiger partial charge is 0.472 e. The van der Waals surface area contributed by atoms with Crippen LogP contribution in [0.4, 0.5) is 0 Å². The first-order chi connectivity index (χ1) is 10.6. The van der Waals surface area contributed by atoms with E-state index in [4.69, 9.17) is 4.74 Å². The number of hydrogen-bond donors (Lipinski definition) is 0. The molecule has 2 heterocycles. The van der Waals surface area contributed by atoms with E-state index in [1.54, 1.807) is 0 Å². The van der Waals surface area contributed by atoms with Gasteiger partial charge in [0, 0.05) is 34.8 Å². The van der Waals surface area contributed by atoms with E-state index < -0.39 is 0 Å². The Bertz CT molecular complexity index is 673. The number of aryl methyl sites for hydroxylation is 1. The first-order valence-corrected chi connectivity index (χ1v) is 8.06. The number of hydrogen-bond acceptors (Lipinski definition) is 3. The molecule has 1 aromatic carbocycles. The number of ether oxygens (including phenoxy) is 1. The van der Waals surface area contributed by atoms with Gasteiger partial charge in [-0.2, -0.15) is 0 Å². The fraction of sp³-hybridized carbons (Fsp3) is 0.294. The Kier molecular flexibility index (Phi) is 4.43. The van der Waals surface area contributed by atoms with Crippen molar-refractivity contribution < 1.29 is 9.53 Å². The van der Waals surface area contributed by atoms with E-state index in [1.807, 2.05) is 54.3 Å². The summed E-state index contributed by atoms with van der Waals surface area (Å²) in [6, 6.07) is 13.2. The highest BCUT2D eigenvalue weighted by Crippen LogP contribution is 2.19. The second-order valence-corrected chi connectivity index (χ2v) is 6.32. The molecule has 1 unspecified atom stereocenters. The normalized spacial score (nSPS) is 17.5. The van der Waals surface area contributed by atoms with E-state index in [9.17, 15) is 4.79 Å². The number of rotatable bonds is 3. The van der Waals surface area contributed by atoms with Crippen LogP contribution in [0.3, 0.4) is 0 Å². The molecule has 1 aliphatic heterocycles. The van der Waals surface area contributed by atoms with E-state index in [2.05, 4.69) is 20.9 Å². The summed E-state index contributed by atoms with van der Waals surface area (Å²) in [7, 11) is 0. The summed E-state index contributed by atoms with van der Waals surface area (Å²) >= 11 is 3.38. The maximum Gasteiger partial charge on any atom is 0.253 e. The zero-order chi connectivity index (χ0) is 15.5. The Morgan fingerprint density at radius 3 is 2.77 bits per heavy atom. The molecule has 3 rings (SSSR count). The average Bonchev–Trinajstić information content (AvgIpc) is 2.96. The van der Waals surface area contributed by atoms with Gasteiger partial charge in [0.05, 0.1) is 6.54 Å². The first-order valence-electron chi connectivity index (χ1n) is 7.27. The third kappa shape index (κ3) is 3.47. The van der Waals surface area contributed by atoms with E-state index in [1.165, 1.54) is 0 Å². The van der Waals surface area contributed by atoms with Crippen molar-refractivity contribution >= 4 is 21.8 Å². The lowest BCUT2D eigenvalue weighted by Gasteiger charge is -2.17. The Balaban J connectivity index is 1.62. The Morgan fingerprint density at radius 1 is 1.27 bits per heavy atom. The van der Waals surface area contributed by atoms with Gasteiger partial charge in [-0.25, -0.2) is 4.98 Å². The number of benzene rings is 1. The molecule has 0 aliphatic carbocycles. The summed E-state index contributed by atoms with van der Waals surface area (Å²) in [5, 5.41) is 0. The Morgan fingerprint density at radius 2 is 2.05 bits per heavy atom. The topological polar surface area (TPSA) is 42.4 Å². The molecule has 5 heteroatoms. The molecule has 0 spiro atoms. The second-order valence-electron chi connectivity index (χ2n) is 5.40. The monoisotopic (exact) mass is 360 g/mol. The molecule has 1 amide bonds. The van der Waals surface area contributed by atoms with Gasteiger partial charge in [0.15, 0.2) is 0 Å². The fourth-order valence-electron chi connectivity index (χ4n) is 2.54. The molecule has 1 saturated heterocycles. The molecule has 0 saturated carbocycles. The van der Waals surface area contributed by atoms with Crippen LogP contribution in [0.2, 0.25) is 0 Å². The molecule has 0 radical (unpaired) electrons. The van der Waals surface area contributed by atoms with Gasteiger partial charge in [0.2, 0.25) is 5.88 Å². The molecule has 4 nitrogen and oxygen atoms in total. The molecular weight excluding hydrogens is 344 g/mol. The maximum absolute atomic E-state index is 12.4. The van der Waals surface area contributed by atoms with Gasteiger partial charge in [-0.3, -0.25) is 4.79 Å². The molecule has 0 N–H and O–H groups in total. The number of pyridine rings is 1. The molecule has 114 valence electrons. The highest BCUT2D eigenvalue weighted by molar-refractivity contribution is 9.10. The minimum Gasteiger partial charge on any atom is -0.472 e. The van der Waals surface area contributed by atoms with Crippen molar-refractivity contribution in [3.63, 3.8) is 0 Å². The number of carbonyl (C=O) groups is 1. The number of amides is 1. The minimum atomic E-state index is 0.00805. The lowest BCUT2D eigenvalue weighted by molar-refractivity contribution is 0.0771. The van der Waals surface area contributed by atoms with Crippen LogP contribution >= 0.6 is 15.9 Å². The summed E-state index contributed by atoms with van der Waals surface area (Å²) in [4.78, 5) is 18.6. The standard InChI is InChI=1S/C17H17BrN2O2/c1-12-3-2-4-16(19-12)22-15-9-10-20(11-15)17(21)13-5-7-14(18)8-6-13/h2-8,15H,9-11H2,1H3. The lowest BCUT2D eigenvalue weighted by atomic mass is 10.2. The molecule has 2 aromatic rings. The molecule has 22 heavy (non-hydrogen) atoms. The average molecular weight is 361 g/mol. The molecular formula is C17H17BrN2O2. The van der Waals surface area contributed by atoms with Crippen molar-refractivity contribution in [3.8, 4) is 5.88 Å². The second kappa shape index (κ2) is 6.48. The van der Waals surface area contributed by atoms with Crippen LogP contribution in [0.1, 0.15) is 22.5 Å². The van der Waals surface area contributed by atoms with Crippen LogP contribution in [-0.2, 0) is 0 Å². The quantitative estimate of drug-likeness (QED) is 0.841. The van der Waals surface area contributed by atoms with Crippen molar-refractivity contribution in [2.24, 2.45) is 0 Å². The van der Waals surface area contributed by atoms with Gasteiger partial charge in [-0.15, -0.1) is 0 Å². The number of aromatic nitrogens is 1. The van der Waals surface area contributed by atoms with Crippen LogP contribution in [0, 0.1) is 6.92 Å². The van der Waals surface area contributed by atoms with Crippen LogP contribution in [0.25, 0.3) is 0 Å². The zero-order valence-electron chi connectivity index (χ0n) is 12.3. The van der Waals surface area contributed by atoms with Crippen LogP contribution in [-0.4, -0.2) is 35.0 Å². The van der Waals surface area contributed by atoms with Crippen LogP contribution in [0.15, 0.2) is 46.9 Å². The number of halogens is 1. The van der Waals surface area contributed by atoms with Gasteiger partial charge < -0.3 is 9.64 Å². The summed E-state index contributed by atoms with van der Waals surface area (Å²) in [6.45, 7) is 3.25. The fourth-order valence-corrected chi connectivity index (χ4v) is 2.80. The van der Waals surface area contributed by atoms with E-state index >= 15 is 0 Å². The van der Waals surface area contributed by atoms with Gasteiger partial charge in [-0.05, 0) is 37.3 Å². The molecule has 1 fully saturated rings. The summed E-state index contributed by atoms with van der Waals surface area (Å²) in [5.74, 6) is 0.679. The Hall–Kier alpha value is -1.88. The zero-order valence-corrected chi connectivity index (χ0v) is 13.9. The van der Waals surface area contributed by atoms with E-state index in [0.29, 0.717) is 24.5 Å². The number of carbonyl (C=O) groups excluding carboxylic acids is 1. The van der Waals surface area contributed by atoms with Gasteiger partial charge in [0.25, 0.3) is 5.91 Å². The molecule has 1 aliphatic rings. The minimum absolute atomic E-state index is 0.00805. The smallest absolute Gasteiger partial charge is 0.253 e. The van der Waals surface area contributed by atoms with Gasteiger partial charge >= 0.3 is 0 Å². The van der Waals surface area contributed by atoms with E-state index in [-0.39, 0.29) is 12.0 Å². The lowest BCUT2D eigenvalue weighted by Crippen LogP contribution is -2.31. The highest BCUT2D eigenvalue weighted by atomic mass is 79.9. The van der Waals surface area contributed by atoms with Crippen molar-refractivity contribution in [3.05, 3.63) is 58.2 Å². The summed E-state index contributed by atoms with van der Waals surface area (Å²) in [5.41, 5.74) is 1.64. The van der Waals surface area contributed by atoms with Crippen molar-refractivity contribution in [1.29, 1.82) is 0 Å². The summed E-state index contributed by atoms with van der Waals surface area (Å²) in [6.07, 6.45) is 0.839. The highest BCUT2D eigenvalue weighted by Gasteiger charge is 2.28. The van der Waals surface area contributed by atoms with Crippen molar-refractivity contribution in [1.82, 2.24) is 9.88 Å². The van der Waals surface area contributed by atoms with Crippen molar-refractivity contribution in [2.45, 2.75) is 19.4 Å².